The summed E-state index contributed by atoms with van der Waals surface area (Å²) in [6.45, 7) is 4.34. The summed E-state index contributed by atoms with van der Waals surface area (Å²) in [6, 6.07) is 6.72. The third-order valence-electron chi connectivity index (χ3n) is 4.03. The van der Waals surface area contributed by atoms with E-state index in [0.717, 1.165) is 12.1 Å². The molecule has 4 nitrogen and oxygen atoms in total. The number of aliphatic imine (C=N–C) groups is 1. The van der Waals surface area contributed by atoms with Gasteiger partial charge in [0.2, 0.25) is 6.73 Å². The summed E-state index contributed by atoms with van der Waals surface area (Å²) in [6.07, 6.45) is 1.64. The van der Waals surface area contributed by atoms with Gasteiger partial charge in [-0.3, -0.25) is 0 Å². The molecule has 1 unspecified atom stereocenters. The Kier molecular flexibility index (Phi) is 5.29. The number of benzene rings is 2. The molecule has 1 atom stereocenters. The number of hydroxylamine groups is 3. The van der Waals surface area contributed by atoms with Crippen molar-refractivity contribution in [3.05, 3.63) is 75.8 Å². The van der Waals surface area contributed by atoms with E-state index in [1.54, 1.807) is 6.08 Å². The van der Waals surface area contributed by atoms with Crippen LogP contribution in [0.3, 0.4) is 0 Å². The van der Waals surface area contributed by atoms with Crippen molar-refractivity contribution in [2.75, 3.05) is 13.3 Å². The maximum Gasteiger partial charge on any atom is 0.266 e. The van der Waals surface area contributed by atoms with Gasteiger partial charge in [0.05, 0.1) is 15.6 Å². The lowest BCUT2D eigenvalue weighted by Gasteiger charge is -2.30. The van der Waals surface area contributed by atoms with Crippen LogP contribution >= 0.6 is 23.2 Å². The molecule has 0 radical (unpaired) electrons. The zero-order valence-corrected chi connectivity index (χ0v) is 15.1. The lowest BCUT2D eigenvalue weighted by Crippen LogP contribution is -2.49. The summed E-state index contributed by atoms with van der Waals surface area (Å²) in [4.78, 5) is 10.2. The van der Waals surface area contributed by atoms with Gasteiger partial charge >= 0.3 is 0 Å². The van der Waals surface area contributed by atoms with Gasteiger partial charge in [0.15, 0.2) is 17.4 Å². The van der Waals surface area contributed by atoms with Crippen LogP contribution < -0.4 is 0 Å². The molecule has 3 rings (SSSR count). The number of phenols is 1. The predicted octanol–water partition coefficient (Wildman–Crippen LogP) is 4.83. The van der Waals surface area contributed by atoms with Crippen LogP contribution in [0.1, 0.15) is 11.1 Å². The monoisotopic (exact) mass is 399 g/mol. The Morgan fingerprint density at radius 1 is 1.19 bits per heavy atom. The van der Waals surface area contributed by atoms with E-state index in [1.165, 1.54) is 18.2 Å². The van der Waals surface area contributed by atoms with Crippen molar-refractivity contribution in [3.63, 3.8) is 0 Å². The molecule has 0 bridgehead atoms. The summed E-state index contributed by atoms with van der Waals surface area (Å²) in [5.74, 6) is -1.58. The van der Waals surface area contributed by atoms with E-state index < -0.39 is 11.6 Å². The van der Waals surface area contributed by atoms with Crippen molar-refractivity contribution in [1.82, 2.24) is 0 Å². The van der Waals surface area contributed by atoms with Crippen molar-refractivity contribution in [1.29, 1.82) is 0 Å². The Morgan fingerprint density at radius 3 is 2.50 bits per heavy atom. The number of quaternary nitrogens is 1. The Balaban J connectivity index is 2.03. The minimum absolute atomic E-state index is 0.0724. The Labute approximate surface area is 159 Å². The molecule has 8 heteroatoms. The molecule has 1 heterocycles. The van der Waals surface area contributed by atoms with Crippen molar-refractivity contribution >= 4 is 29.0 Å². The molecule has 0 fully saturated rings. The molecular weight excluding hydrogens is 385 g/mol. The van der Waals surface area contributed by atoms with Gasteiger partial charge in [-0.05, 0) is 30.3 Å². The smallest absolute Gasteiger partial charge is 0.266 e. The second-order valence-electron chi connectivity index (χ2n) is 5.80. The van der Waals surface area contributed by atoms with Crippen molar-refractivity contribution < 1.29 is 23.4 Å². The molecule has 0 spiro atoms. The molecule has 0 aromatic heterocycles. The third-order valence-corrected chi connectivity index (χ3v) is 4.60. The van der Waals surface area contributed by atoms with E-state index in [4.69, 9.17) is 28.0 Å². The number of hydrogen-bond acceptors (Lipinski definition) is 3. The van der Waals surface area contributed by atoms with Crippen LogP contribution in [0.4, 0.5) is 8.78 Å². The number of phenolic OH excluding ortho intramolecular Hbond substituents is 1. The molecule has 1 N–H and O–H groups in total. The molecular formula is C18H15Cl2F2N2O2+. The van der Waals surface area contributed by atoms with E-state index in [9.17, 15) is 13.9 Å². The predicted molar refractivity (Wildman–Crippen MR) is 96.0 cm³/mol. The number of halogens is 4. The van der Waals surface area contributed by atoms with E-state index in [-0.39, 0.29) is 33.7 Å². The van der Waals surface area contributed by atoms with E-state index in [1.807, 2.05) is 0 Å². The van der Waals surface area contributed by atoms with Crippen molar-refractivity contribution in [3.8, 4) is 5.75 Å². The minimum Gasteiger partial charge on any atom is -0.505 e. The maximum absolute atomic E-state index is 13.6. The summed E-state index contributed by atoms with van der Waals surface area (Å²) in [5.41, 5.74) is 1.08. The standard InChI is InChI=1S/C18H14Cl2F2N2O2/c1-2-5-24(9-11-3-4-15(21)16(22)6-11)18(23-10-26-24)12-7-13(19)17(25)14(20)8-12/h2-4,6-8H,1,5,9-10H2/p+1. The molecule has 1 aliphatic heterocycles. The van der Waals surface area contributed by atoms with Gasteiger partial charge in [-0.25, -0.2) is 8.78 Å². The van der Waals surface area contributed by atoms with Gasteiger partial charge in [0.1, 0.15) is 13.1 Å². The van der Waals surface area contributed by atoms with Crippen LogP contribution in [0.15, 0.2) is 48.0 Å². The highest BCUT2D eigenvalue weighted by molar-refractivity contribution is 6.37. The fraction of sp³-hybridized carbons (Fsp3) is 0.167. The average molecular weight is 400 g/mol. The summed E-state index contributed by atoms with van der Waals surface area (Å²) < 4.78 is 26.7. The number of hydrogen-bond donors (Lipinski definition) is 1. The lowest BCUT2D eigenvalue weighted by atomic mass is 10.1. The minimum atomic E-state index is -0.937. The lowest BCUT2D eigenvalue weighted by molar-refractivity contribution is -1.03. The number of amidine groups is 1. The molecule has 0 aliphatic carbocycles. The Morgan fingerprint density at radius 2 is 1.88 bits per heavy atom. The van der Waals surface area contributed by atoms with E-state index in [0.29, 0.717) is 23.5 Å². The van der Waals surface area contributed by atoms with Crippen LogP contribution in [0.5, 0.6) is 5.75 Å². The normalized spacial score (nSPS) is 19.5. The molecule has 136 valence electrons. The Hall–Kier alpha value is -1.99. The van der Waals surface area contributed by atoms with Gasteiger partial charge < -0.3 is 5.11 Å². The molecule has 2 aromatic rings. The van der Waals surface area contributed by atoms with Crippen LogP contribution in [-0.4, -0.2) is 28.9 Å². The highest BCUT2D eigenvalue weighted by atomic mass is 35.5. The average Bonchev–Trinajstić information content (AvgIpc) is 2.99. The van der Waals surface area contributed by atoms with E-state index >= 15 is 0 Å². The summed E-state index contributed by atoms with van der Waals surface area (Å²) >= 11 is 12.0. The molecule has 26 heavy (non-hydrogen) atoms. The molecule has 1 aliphatic rings. The highest BCUT2D eigenvalue weighted by Crippen LogP contribution is 2.35. The van der Waals surface area contributed by atoms with Crippen LogP contribution in [-0.2, 0) is 11.4 Å². The fourth-order valence-corrected chi connectivity index (χ4v) is 3.36. The molecule has 0 saturated carbocycles. The van der Waals surface area contributed by atoms with Gasteiger partial charge in [-0.2, -0.15) is 9.83 Å². The zero-order chi connectivity index (χ0) is 18.9. The number of rotatable bonds is 5. The van der Waals surface area contributed by atoms with Crippen molar-refractivity contribution in [2.24, 2.45) is 4.99 Å². The van der Waals surface area contributed by atoms with Crippen LogP contribution in [0.25, 0.3) is 0 Å². The molecule has 2 aromatic carbocycles. The Bertz CT molecular complexity index is 882. The first-order valence-corrected chi connectivity index (χ1v) is 8.42. The summed E-state index contributed by atoms with van der Waals surface area (Å²) in [5, 5.41) is 9.92. The highest BCUT2D eigenvalue weighted by Gasteiger charge is 2.42. The SMILES string of the molecule is C=CC[N+]1(Cc2ccc(F)c(F)c2)OCN=C1c1cc(Cl)c(O)c(Cl)c1. The summed E-state index contributed by atoms with van der Waals surface area (Å²) in [7, 11) is 0. The maximum atomic E-state index is 13.6. The second kappa shape index (κ2) is 7.32. The van der Waals surface area contributed by atoms with Crippen molar-refractivity contribution in [2.45, 2.75) is 6.54 Å². The zero-order valence-electron chi connectivity index (χ0n) is 13.6. The largest absolute Gasteiger partial charge is 0.505 e. The number of nitrogens with zero attached hydrogens (tertiary/aromatic N) is 2. The first kappa shape index (κ1) is 18.8. The number of aromatic hydroxyl groups is 1. The first-order chi connectivity index (χ1) is 12.4. The third kappa shape index (κ3) is 3.46. The van der Waals surface area contributed by atoms with Crippen LogP contribution in [0, 0.1) is 11.6 Å². The second-order valence-corrected chi connectivity index (χ2v) is 6.61. The van der Waals surface area contributed by atoms with Gasteiger partial charge in [-0.15, -0.1) is 4.65 Å². The molecule has 0 saturated heterocycles. The van der Waals surface area contributed by atoms with Gasteiger partial charge in [0.25, 0.3) is 5.84 Å². The topological polar surface area (TPSA) is 41.8 Å². The van der Waals surface area contributed by atoms with Gasteiger partial charge in [-0.1, -0.05) is 35.8 Å². The van der Waals surface area contributed by atoms with Gasteiger partial charge in [0, 0.05) is 5.56 Å². The fourth-order valence-electron chi connectivity index (χ4n) is 2.88. The van der Waals surface area contributed by atoms with Crippen LogP contribution in [0.2, 0.25) is 10.0 Å². The van der Waals surface area contributed by atoms with E-state index in [2.05, 4.69) is 11.6 Å². The molecule has 0 amide bonds. The quantitative estimate of drug-likeness (QED) is 0.577. The first-order valence-electron chi connectivity index (χ1n) is 7.66.